The highest BCUT2D eigenvalue weighted by Gasteiger charge is 2.42. The number of esters is 1. The second-order valence-corrected chi connectivity index (χ2v) is 3.48. The van der Waals surface area contributed by atoms with Crippen LogP contribution in [-0.4, -0.2) is 19.3 Å². The van der Waals surface area contributed by atoms with Gasteiger partial charge in [-0.15, -0.1) is 0 Å². The van der Waals surface area contributed by atoms with E-state index in [1.54, 1.807) is 0 Å². The standard InChI is InChI=1S/C9H12F3NO2/c1-15-8(14)6-3-2-5(4-7(6)13)9(10,11)12/h5H,2-4,13H2,1H3. The van der Waals surface area contributed by atoms with Gasteiger partial charge in [-0.3, -0.25) is 0 Å². The number of hydrogen-bond donors (Lipinski definition) is 1. The summed E-state index contributed by atoms with van der Waals surface area (Å²) in [7, 11) is 1.18. The number of allylic oxidation sites excluding steroid dienone is 1. The van der Waals surface area contributed by atoms with Crippen LogP contribution in [0.3, 0.4) is 0 Å². The van der Waals surface area contributed by atoms with Crippen molar-refractivity contribution in [3.8, 4) is 0 Å². The van der Waals surface area contributed by atoms with E-state index in [4.69, 9.17) is 5.73 Å². The number of ether oxygens (including phenoxy) is 1. The second-order valence-electron chi connectivity index (χ2n) is 3.48. The molecular weight excluding hydrogens is 211 g/mol. The maximum absolute atomic E-state index is 12.3. The van der Waals surface area contributed by atoms with E-state index in [0.29, 0.717) is 0 Å². The molecule has 0 aromatic heterocycles. The van der Waals surface area contributed by atoms with Gasteiger partial charge in [0, 0.05) is 5.70 Å². The monoisotopic (exact) mass is 223 g/mol. The van der Waals surface area contributed by atoms with Gasteiger partial charge in [-0.1, -0.05) is 0 Å². The number of carbonyl (C=O) groups excluding carboxylic acids is 1. The molecule has 6 heteroatoms. The van der Waals surface area contributed by atoms with E-state index in [2.05, 4.69) is 4.74 Å². The molecule has 1 unspecified atom stereocenters. The molecule has 0 spiro atoms. The molecule has 86 valence electrons. The lowest BCUT2D eigenvalue weighted by molar-refractivity contribution is -0.177. The highest BCUT2D eigenvalue weighted by molar-refractivity contribution is 5.89. The first-order valence-corrected chi connectivity index (χ1v) is 4.48. The number of carbonyl (C=O) groups is 1. The Morgan fingerprint density at radius 1 is 1.53 bits per heavy atom. The van der Waals surface area contributed by atoms with Crippen molar-refractivity contribution in [2.75, 3.05) is 7.11 Å². The van der Waals surface area contributed by atoms with Crippen LogP contribution in [-0.2, 0) is 9.53 Å². The fraction of sp³-hybridized carbons (Fsp3) is 0.667. The van der Waals surface area contributed by atoms with Crippen LogP contribution < -0.4 is 5.73 Å². The number of halogens is 3. The maximum Gasteiger partial charge on any atom is 0.392 e. The summed E-state index contributed by atoms with van der Waals surface area (Å²) in [4.78, 5) is 11.1. The zero-order valence-corrected chi connectivity index (χ0v) is 8.23. The molecule has 0 bridgehead atoms. The van der Waals surface area contributed by atoms with Gasteiger partial charge >= 0.3 is 12.1 Å². The summed E-state index contributed by atoms with van der Waals surface area (Å²) in [5.41, 5.74) is 5.60. The Bertz CT molecular complexity index is 296. The van der Waals surface area contributed by atoms with Crippen LogP contribution in [0.25, 0.3) is 0 Å². The van der Waals surface area contributed by atoms with Gasteiger partial charge < -0.3 is 10.5 Å². The summed E-state index contributed by atoms with van der Waals surface area (Å²) in [6.07, 6.45) is -4.63. The molecule has 1 rings (SSSR count). The average Bonchev–Trinajstić information content (AvgIpc) is 2.15. The number of nitrogens with two attached hydrogens (primary N) is 1. The molecular formula is C9H12F3NO2. The Hall–Kier alpha value is -1.20. The summed E-state index contributed by atoms with van der Waals surface area (Å²) >= 11 is 0. The first kappa shape index (κ1) is 11.9. The summed E-state index contributed by atoms with van der Waals surface area (Å²) in [5, 5.41) is 0. The van der Waals surface area contributed by atoms with Crippen molar-refractivity contribution in [2.24, 2.45) is 11.7 Å². The van der Waals surface area contributed by atoms with E-state index in [-0.39, 0.29) is 30.5 Å². The zero-order chi connectivity index (χ0) is 11.6. The Morgan fingerprint density at radius 2 is 2.13 bits per heavy atom. The molecule has 3 nitrogen and oxygen atoms in total. The average molecular weight is 223 g/mol. The van der Waals surface area contributed by atoms with Crippen molar-refractivity contribution in [2.45, 2.75) is 25.4 Å². The molecule has 0 fully saturated rings. The minimum absolute atomic E-state index is 0.00424. The van der Waals surface area contributed by atoms with Crippen LogP contribution in [0, 0.1) is 5.92 Å². The largest absolute Gasteiger partial charge is 0.466 e. The summed E-state index contributed by atoms with van der Waals surface area (Å²) in [6, 6.07) is 0. The predicted octanol–water partition coefficient (Wildman–Crippen LogP) is 1.73. The number of rotatable bonds is 1. The molecule has 0 radical (unpaired) electrons. The smallest absolute Gasteiger partial charge is 0.392 e. The van der Waals surface area contributed by atoms with Gasteiger partial charge in [0.2, 0.25) is 0 Å². The molecule has 1 atom stereocenters. The van der Waals surface area contributed by atoms with Crippen LogP contribution in [0.4, 0.5) is 13.2 Å². The predicted molar refractivity (Wildman–Crippen MR) is 46.6 cm³/mol. The van der Waals surface area contributed by atoms with Crippen molar-refractivity contribution in [3.63, 3.8) is 0 Å². The number of alkyl halides is 3. The third-order valence-electron chi connectivity index (χ3n) is 2.49. The summed E-state index contributed by atoms with van der Waals surface area (Å²) in [6.45, 7) is 0. The number of methoxy groups -OCH3 is 1. The van der Waals surface area contributed by atoms with Crippen LogP contribution in [0.2, 0.25) is 0 Å². The van der Waals surface area contributed by atoms with Crippen LogP contribution in [0.5, 0.6) is 0 Å². The lowest BCUT2D eigenvalue weighted by atomic mass is 9.87. The fourth-order valence-electron chi connectivity index (χ4n) is 1.61. The molecule has 1 aliphatic rings. The molecule has 0 heterocycles. The molecule has 2 N–H and O–H groups in total. The minimum atomic E-state index is -4.24. The van der Waals surface area contributed by atoms with Crippen molar-refractivity contribution < 1.29 is 22.7 Å². The molecule has 0 saturated carbocycles. The Kier molecular flexibility index (Phi) is 3.26. The summed E-state index contributed by atoms with van der Waals surface area (Å²) in [5.74, 6) is -2.07. The van der Waals surface area contributed by atoms with Gasteiger partial charge in [-0.2, -0.15) is 13.2 Å². The van der Waals surface area contributed by atoms with Crippen molar-refractivity contribution >= 4 is 5.97 Å². The first-order chi connectivity index (χ1) is 6.86. The Labute approximate surface area is 85.1 Å². The van der Waals surface area contributed by atoms with Crippen molar-refractivity contribution in [1.29, 1.82) is 0 Å². The van der Waals surface area contributed by atoms with Gasteiger partial charge in [0.05, 0.1) is 18.6 Å². The van der Waals surface area contributed by atoms with Crippen LogP contribution >= 0.6 is 0 Å². The van der Waals surface area contributed by atoms with E-state index in [0.717, 1.165) is 0 Å². The molecule has 0 saturated heterocycles. The fourth-order valence-corrected chi connectivity index (χ4v) is 1.61. The summed E-state index contributed by atoms with van der Waals surface area (Å²) < 4.78 is 41.4. The quantitative estimate of drug-likeness (QED) is 0.689. The van der Waals surface area contributed by atoms with E-state index in [1.807, 2.05) is 0 Å². The molecule has 0 amide bonds. The van der Waals surface area contributed by atoms with Crippen LogP contribution in [0.1, 0.15) is 19.3 Å². The van der Waals surface area contributed by atoms with E-state index < -0.39 is 18.1 Å². The first-order valence-electron chi connectivity index (χ1n) is 4.48. The number of hydrogen-bond acceptors (Lipinski definition) is 3. The SMILES string of the molecule is COC(=O)C1=C(N)CC(C(F)(F)F)CC1. The van der Waals surface area contributed by atoms with Gasteiger partial charge in [0.25, 0.3) is 0 Å². The van der Waals surface area contributed by atoms with Gasteiger partial charge in [-0.25, -0.2) is 4.79 Å². The third-order valence-corrected chi connectivity index (χ3v) is 2.49. The lowest BCUT2D eigenvalue weighted by Crippen LogP contribution is -2.30. The molecule has 15 heavy (non-hydrogen) atoms. The van der Waals surface area contributed by atoms with Crippen molar-refractivity contribution in [3.05, 3.63) is 11.3 Å². The lowest BCUT2D eigenvalue weighted by Gasteiger charge is -2.25. The minimum Gasteiger partial charge on any atom is -0.466 e. The second kappa shape index (κ2) is 4.12. The third kappa shape index (κ3) is 2.64. The molecule has 1 aliphatic carbocycles. The molecule has 0 aliphatic heterocycles. The molecule has 0 aromatic carbocycles. The Morgan fingerprint density at radius 3 is 2.53 bits per heavy atom. The molecule has 0 aromatic rings. The topological polar surface area (TPSA) is 52.3 Å². The van der Waals surface area contributed by atoms with Gasteiger partial charge in [0.1, 0.15) is 0 Å². The van der Waals surface area contributed by atoms with Crippen LogP contribution in [0.15, 0.2) is 11.3 Å². The van der Waals surface area contributed by atoms with Gasteiger partial charge in [0.15, 0.2) is 0 Å². The van der Waals surface area contributed by atoms with E-state index >= 15 is 0 Å². The van der Waals surface area contributed by atoms with Gasteiger partial charge in [-0.05, 0) is 19.3 Å². The maximum atomic E-state index is 12.3. The highest BCUT2D eigenvalue weighted by Crippen LogP contribution is 2.38. The Balaban J connectivity index is 2.79. The highest BCUT2D eigenvalue weighted by atomic mass is 19.4. The van der Waals surface area contributed by atoms with E-state index in [9.17, 15) is 18.0 Å². The van der Waals surface area contributed by atoms with Crippen molar-refractivity contribution in [1.82, 2.24) is 0 Å². The zero-order valence-electron chi connectivity index (χ0n) is 8.23. The van der Waals surface area contributed by atoms with E-state index in [1.165, 1.54) is 7.11 Å². The normalized spacial score (nSPS) is 22.8.